The minimum atomic E-state index is -0.192. The lowest BCUT2D eigenvalue weighted by molar-refractivity contribution is 0.134. The van der Waals surface area contributed by atoms with Gasteiger partial charge in [0.05, 0.1) is 5.41 Å². The SMILES string of the molecule is C=CCNC(=C)/C=C\C(=C/CC(=C)/C=C(C)/C(=C/C)C1=C(C=C)C2(C)C=CC=C[C@@H]2O1)CC(C)C. The smallest absolute Gasteiger partial charge is 0.131 e. The number of rotatable bonds is 13. The molecular weight excluding hydrogens is 426 g/mol. The summed E-state index contributed by atoms with van der Waals surface area (Å²) in [5.74, 6) is 1.48. The topological polar surface area (TPSA) is 21.3 Å². The highest BCUT2D eigenvalue weighted by atomic mass is 16.5. The van der Waals surface area contributed by atoms with Crippen molar-refractivity contribution in [3.05, 3.63) is 132 Å². The monoisotopic (exact) mass is 469 g/mol. The highest BCUT2D eigenvalue weighted by molar-refractivity contribution is 5.55. The van der Waals surface area contributed by atoms with Crippen LogP contribution in [0.3, 0.4) is 0 Å². The maximum atomic E-state index is 6.44. The van der Waals surface area contributed by atoms with Crippen LogP contribution in [0.25, 0.3) is 0 Å². The Bertz CT molecular complexity index is 1050. The van der Waals surface area contributed by atoms with Crippen molar-refractivity contribution in [3.63, 3.8) is 0 Å². The molecule has 0 fully saturated rings. The van der Waals surface area contributed by atoms with Crippen LogP contribution < -0.4 is 5.32 Å². The largest absolute Gasteiger partial charge is 0.484 e. The predicted molar refractivity (Wildman–Crippen MR) is 154 cm³/mol. The molecule has 1 unspecified atom stereocenters. The van der Waals surface area contributed by atoms with Crippen molar-refractivity contribution in [2.24, 2.45) is 11.3 Å². The molecule has 186 valence electrons. The van der Waals surface area contributed by atoms with E-state index in [0.717, 1.165) is 46.6 Å². The number of nitrogens with one attached hydrogen (secondary N) is 1. The summed E-state index contributed by atoms with van der Waals surface area (Å²) in [5, 5.41) is 3.22. The Hall–Kier alpha value is -3.26. The van der Waals surface area contributed by atoms with Gasteiger partial charge in [-0.3, -0.25) is 0 Å². The van der Waals surface area contributed by atoms with Gasteiger partial charge in [0.1, 0.15) is 11.9 Å². The molecule has 2 aliphatic rings. The van der Waals surface area contributed by atoms with Crippen LogP contribution in [-0.4, -0.2) is 12.6 Å². The molecule has 0 saturated heterocycles. The molecule has 0 aromatic heterocycles. The molecule has 0 bridgehead atoms. The van der Waals surface area contributed by atoms with Crippen LogP contribution in [-0.2, 0) is 4.74 Å². The van der Waals surface area contributed by atoms with Gasteiger partial charge >= 0.3 is 0 Å². The molecule has 2 heteroatoms. The van der Waals surface area contributed by atoms with Gasteiger partial charge in [-0.1, -0.05) is 99.4 Å². The second kappa shape index (κ2) is 13.0. The zero-order valence-electron chi connectivity index (χ0n) is 22.4. The van der Waals surface area contributed by atoms with Gasteiger partial charge in [0.15, 0.2) is 0 Å². The Labute approximate surface area is 213 Å². The van der Waals surface area contributed by atoms with E-state index in [1.54, 1.807) is 0 Å². The zero-order valence-corrected chi connectivity index (χ0v) is 22.4. The fraction of sp³-hybridized carbons (Fsp3) is 0.333. The van der Waals surface area contributed by atoms with Crippen LogP contribution >= 0.6 is 0 Å². The fourth-order valence-corrected chi connectivity index (χ4v) is 4.48. The first-order valence-corrected chi connectivity index (χ1v) is 12.5. The summed E-state index contributed by atoms with van der Waals surface area (Å²) in [5.41, 5.74) is 6.39. The minimum absolute atomic E-state index is 0.00881. The van der Waals surface area contributed by atoms with Crippen molar-refractivity contribution < 1.29 is 4.74 Å². The Morgan fingerprint density at radius 1 is 1.20 bits per heavy atom. The lowest BCUT2D eigenvalue weighted by Crippen LogP contribution is -2.28. The van der Waals surface area contributed by atoms with Crippen molar-refractivity contribution in [3.8, 4) is 0 Å². The van der Waals surface area contributed by atoms with Crippen molar-refractivity contribution in [1.82, 2.24) is 5.32 Å². The Kier molecular flexibility index (Phi) is 10.4. The van der Waals surface area contributed by atoms with Gasteiger partial charge in [0.25, 0.3) is 0 Å². The normalized spacial score (nSPS) is 22.5. The van der Waals surface area contributed by atoms with E-state index < -0.39 is 0 Å². The molecule has 2 atom stereocenters. The van der Waals surface area contributed by atoms with E-state index in [4.69, 9.17) is 4.74 Å². The quantitative estimate of drug-likeness (QED) is 0.215. The first-order chi connectivity index (χ1) is 16.7. The standard InChI is InChI=1S/C33H43NO/c1-10-21-34-27(8)17-19-28(22-24(4)5)18-16-25(6)23-26(7)29(11-2)32-30(12-3)33(9)20-14-13-15-31(33)35-32/h10-15,17-20,23-24,31,34H,1,3,6,8,16,21-22H2,2,4-5,7,9H3/b19-17-,26-23+,28-18+,29-11-/t31-,33?/m0/s1. The van der Waals surface area contributed by atoms with Gasteiger partial charge in [-0.25, -0.2) is 0 Å². The van der Waals surface area contributed by atoms with Crippen LogP contribution in [0.5, 0.6) is 0 Å². The molecule has 35 heavy (non-hydrogen) atoms. The fourth-order valence-electron chi connectivity index (χ4n) is 4.48. The van der Waals surface area contributed by atoms with Gasteiger partial charge in [-0.05, 0) is 57.3 Å². The molecule has 1 aliphatic heterocycles. The Morgan fingerprint density at radius 3 is 2.57 bits per heavy atom. The third kappa shape index (κ3) is 7.36. The molecule has 1 N–H and O–H groups in total. The van der Waals surface area contributed by atoms with E-state index in [-0.39, 0.29) is 11.5 Å². The number of hydrogen-bond acceptors (Lipinski definition) is 2. The van der Waals surface area contributed by atoms with Crippen molar-refractivity contribution in [1.29, 1.82) is 0 Å². The molecule has 2 rings (SSSR count). The van der Waals surface area contributed by atoms with Crippen molar-refractivity contribution in [2.45, 2.75) is 53.6 Å². The maximum absolute atomic E-state index is 6.44. The number of allylic oxidation sites excluding steroid dienone is 11. The molecule has 0 amide bonds. The third-order valence-corrected chi connectivity index (χ3v) is 6.33. The molecule has 0 aromatic rings. The first-order valence-electron chi connectivity index (χ1n) is 12.5. The van der Waals surface area contributed by atoms with Crippen LogP contribution in [0.15, 0.2) is 132 Å². The predicted octanol–water partition coefficient (Wildman–Crippen LogP) is 8.61. The van der Waals surface area contributed by atoms with E-state index in [2.05, 4.69) is 115 Å². The summed E-state index contributed by atoms with van der Waals surface area (Å²) < 4.78 is 6.44. The van der Waals surface area contributed by atoms with Crippen LogP contribution in [0.1, 0.15) is 47.5 Å². The number of ether oxygens (including phenoxy) is 1. The number of hydrogen-bond donors (Lipinski definition) is 1. The zero-order chi connectivity index (χ0) is 26.0. The van der Waals surface area contributed by atoms with Crippen molar-refractivity contribution in [2.75, 3.05) is 6.54 Å². The van der Waals surface area contributed by atoms with Gasteiger partial charge in [0, 0.05) is 23.4 Å². The molecule has 1 aliphatic carbocycles. The molecule has 0 spiro atoms. The van der Waals surface area contributed by atoms with Crippen LogP contribution in [0.2, 0.25) is 0 Å². The summed E-state index contributed by atoms with van der Waals surface area (Å²) in [4.78, 5) is 0. The van der Waals surface area contributed by atoms with Gasteiger partial charge in [0.2, 0.25) is 0 Å². The second-order valence-electron chi connectivity index (χ2n) is 9.81. The molecule has 0 aromatic carbocycles. The lowest BCUT2D eigenvalue weighted by atomic mass is 9.75. The van der Waals surface area contributed by atoms with Gasteiger partial charge < -0.3 is 10.1 Å². The highest BCUT2D eigenvalue weighted by Gasteiger charge is 2.44. The number of fused-ring (bicyclic) bond motifs is 1. The van der Waals surface area contributed by atoms with Crippen LogP contribution in [0.4, 0.5) is 0 Å². The Morgan fingerprint density at radius 2 is 1.94 bits per heavy atom. The minimum Gasteiger partial charge on any atom is -0.484 e. The summed E-state index contributed by atoms with van der Waals surface area (Å²) in [6.45, 7) is 27.8. The maximum Gasteiger partial charge on any atom is 0.131 e. The van der Waals surface area contributed by atoms with E-state index in [9.17, 15) is 0 Å². The average Bonchev–Trinajstić information content (AvgIpc) is 3.11. The lowest BCUT2D eigenvalue weighted by Gasteiger charge is -2.28. The third-order valence-electron chi connectivity index (χ3n) is 6.33. The molecule has 0 radical (unpaired) electrons. The van der Waals surface area contributed by atoms with Crippen molar-refractivity contribution >= 4 is 0 Å². The molecular formula is C33H43NO. The van der Waals surface area contributed by atoms with E-state index in [1.807, 2.05) is 18.2 Å². The second-order valence-corrected chi connectivity index (χ2v) is 9.81. The summed E-state index contributed by atoms with van der Waals surface area (Å²) in [6.07, 6.45) is 24.8. The highest BCUT2D eigenvalue weighted by Crippen LogP contribution is 2.48. The molecule has 1 heterocycles. The summed E-state index contributed by atoms with van der Waals surface area (Å²) >= 11 is 0. The van der Waals surface area contributed by atoms with Gasteiger partial charge in [-0.2, -0.15) is 0 Å². The molecule has 0 saturated carbocycles. The average molecular weight is 470 g/mol. The first kappa shape index (κ1) is 28.0. The molecule has 2 nitrogen and oxygen atoms in total. The summed E-state index contributed by atoms with van der Waals surface area (Å²) in [6, 6.07) is 0. The summed E-state index contributed by atoms with van der Waals surface area (Å²) in [7, 11) is 0. The van der Waals surface area contributed by atoms with E-state index in [0.29, 0.717) is 12.5 Å². The van der Waals surface area contributed by atoms with E-state index >= 15 is 0 Å². The van der Waals surface area contributed by atoms with Gasteiger partial charge in [-0.15, -0.1) is 6.58 Å². The van der Waals surface area contributed by atoms with E-state index in [1.165, 1.54) is 5.57 Å². The Balaban J connectivity index is 2.21. The van der Waals surface area contributed by atoms with Crippen LogP contribution in [0, 0.1) is 11.3 Å².